The fourth-order valence-corrected chi connectivity index (χ4v) is 2.90. The van der Waals surface area contributed by atoms with Crippen LogP contribution in [0.25, 0.3) is 0 Å². The summed E-state index contributed by atoms with van der Waals surface area (Å²) >= 11 is 0. The van der Waals surface area contributed by atoms with Crippen LogP contribution < -0.4 is 10.0 Å². The molecule has 0 radical (unpaired) electrons. The predicted molar refractivity (Wildman–Crippen MR) is 85.7 cm³/mol. The van der Waals surface area contributed by atoms with Crippen LogP contribution in [0.2, 0.25) is 0 Å². The van der Waals surface area contributed by atoms with Crippen LogP contribution in [0.3, 0.4) is 0 Å². The largest absolute Gasteiger partial charge is 0.363 e. The number of nitrogens with zero attached hydrogens (tertiary/aromatic N) is 1. The Bertz CT molecular complexity index is 511. The molecule has 0 aromatic carbocycles. The molecule has 0 aliphatic carbocycles. The zero-order valence-electron chi connectivity index (χ0n) is 13.4. The highest BCUT2D eigenvalue weighted by atomic mass is 32.2. The first-order valence-electron chi connectivity index (χ1n) is 7.44. The molecule has 3 N–H and O–H groups in total. The topological polar surface area (TPSA) is 77.2 Å². The number of aromatic nitrogens is 1. The molecular weight excluding hydrogens is 288 g/mol. The van der Waals surface area contributed by atoms with E-state index in [9.17, 15) is 8.42 Å². The molecule has 1 aromatic rings. The molecule has 0 atom stereocenters. The third-order valence-corrected chi connectivity index (χ3v) is 4.89. The number of hydrogen-bond acceptors (Lipinski definition) is 4. The summed E-state index contributed by atoms with van der Waals surface area (Å²) in [7, 11) is -1.37. The molecule has 122 valence electrons. The van der Waals surface area contributed by atoms with Crippen molar-refractivity contribution in [2.24, 2.45) is 0 Å². The maximum absolute atomic E-state index is 12.1. The average Bonchev–Trinajstić information content (AvgIpc) is 2.90. The summed E-state index contributed by atoms with van der Waals surface area (Å²) in [4.78, 5) is 5.47. The minimum absolute atomic E-state index is 0.299. The monoisotopic (exact) mass is 316 g/mol. The highest BCUT2D eigenvalue weighted by Gasteiger charge is 2.15. The molecule has 0 aliphatic rings. The van der Waals surface area contributed by atoms with Gasteiger partial charge >= 0.3 is 0 Å². The number of sulfonamides is 1. The van der Waals surface area contributed by atoms with Gasteiger partial charge in [-0.25, -0.2) is 13.1 Å². The number of nitrogens with one attached hydrogen (secondary N) is 3. The lowest BCUT2D eigenvalue weighted by atomic mass is 10.3. The molecule has 0 fully saturated rings. The molecule has 0 aliphatic heterocycles. The van der Waals surface area contributed by atoms with Crippen LogP contribution in [0.5, 0.6) is 0 Å². The first-order chi connectivity index (χ1) is 9.86. The smallest absolute Gasteiger partial charge is 0.242 e. The maximum Gasteiger partial charge on any atom is 0.242 e. The van der Waals surface area contributed by atoms with Crippen LogP contribution in [0.1, 0.15) is 32.9 Å². The van der Waals surface area contributed by atoms with Gasteiger partial charge in [0.1, 0.15) is 0 Å². The quantitative estimate of drug-likeness (QED) is 0.566. The van der Waals surface area contributed by atoms with Gasteiger partial charge in [-0.15, -0.1) is 0 Å². The number of H-pyrrole nitrogens is 1. The van der Waals surface area contributed by atoms with Crippen molar-refractivity contribution in [1.29, 1.82) is 0 Å². The number of aromatic amines is 1. The summed E-state index contributed by atoms with van der Waals surface area (Å²) in [6, 6.07) is 2.14. The van der Waals surface area contributed by atoms with Gasteiger partial charge in [-0.2, -0.15) is 0 Å². The Balaban J connectivity index is 2.44. The molecule has 0 saturated heterocycles. The molecule has 1 aromatic heterocycles. The zero-order valence-corrected chi connectivity index (χ0v) is 14.3. The molecular formula is C14H28N4O2S. The van der Waals surface area contributed by atoms with E-state index in [0.717, 1.165) is 25.2 Å². The lowest BCUT2D eigenvalue weighted by Crippen LogP contribution is -2.31. The summed E-state index contributed by atoms with van der Waals surface area (Å²) in [5, 5.41) is 3.15. The van der Waals surface area contributed by atoms with Crippen molar-refractivity contribution in [3.63, 3.8) is 0 Å². The van der Waals surface area contributed by atoms with E-state index in [2.05, 4.69) is 33.8 Å². The summed E-state index contributed by atoms with van der Waals surface area (Å²) < 4.78 is 26.9. The molecule has 6 nitrogen and oxygen atoms in total. The Labute approximate surface area is 128 Å². The molecule has 0 saturated carbocycles. The minimum atomic E-state index is -3.41. The SMILES string of the molecule is CCNCc1cc(S(=O)(=O)NCCCN(C)C(C)C)c[nH]1. The van der Waals surface area contributed by atoms with E-state index >= 15 is 0 Å². The van der Waals surface area contributed by atoms with E-state index in [-0.39, 0.29) is 0 Å². The Morgan fingerprint density at radius 1 is 1.38 bits per heavy atom. The molecule has 0 unspecified atom stereocenters. The molecule has 7 heteroatoms. The van der Waals surface area contributed by atoms with Gasteiger partial charge in [0.25, 0.3) is 0 Å². The third kappa shape index (κ3) is 6.17. The van der Waals surface area contributed by atoms with Crippen LogP contribution in [-0.4, -0.2) is 51.0 Å². The fraction of sp³-hybridized carbons (Fsp3) is 0.714. The second kappa shape index (κ2) is 8.53. The van der Waals surface area contributed by atoms with Crippen molar-refractivity contribution in [2.45, 2.75) is 44.7 Å². The normalized spacial score (nSPS) is 12.5. The van der Waals surface area contributed by atoms with Gasteiger partial charge in [0.15, 0.2) is 0 Å². The first kappa shape index (κ1) is 18.2. The van der Waals surface area contributed by atoms with Crippen LogP contribution in [0, 0.1) is 0 Å². The predicted octanol–water partition coefficient (Wildman–Crippen LogP) is 1.13. The summed E-state index contributed by atoms with van der Waals surface area (Å²) in [6.07, 6.45) is 2.33. The van der Waals surface area contributed by atoms with E-state index in [1.54, 1.807) is 6.07 Å². The lowest BCUT2D eigenvalue weighted by molar-refractivity contribution is 0.271. The van der Waals surface area contributed by atoms with Crippen LogP contribution in [-0.2, 0) is 16.6 Å². The lowest BCUT2D eigenvalue weighted by Gasteiger charge is -2.20. The average molecular weight is 316 g/mol. The summed E-state index contributed by atoms with van der Waals surface area (Å²) in [5.74, 6) is 0. The summed E-state index contributed by atoms with van der Waals surface area (Å²) in [5.41, 5.74) is 0.872. The summed E-state index contributed by atoms with van der Waals surface area (Å²) in [6.45, 7) is 9.07. The molecule has 1 rings (SSSR count). The maximum atomic E-state index is 12.1. The van der Waals surface area contributed by atoms with E-state index in [1.165, 1.54) is 6.20 Å². The van der Waals surface area contributed by atoms with E-state index in [4.69, 9.17) is 0 Å². The zero-order chi connectivity index (χ0) is 15.9. The molecule has 0 bridgehead atoms. The standard InChI is InChI=1S/C14H28N4O2S/c1-5-15-10-13-9-14(11-16-13)21(19,20)17-7-6-8-18(4)12(2)3/h9,11-12,15-17H,5-8,10H2,1-4H3. The molecule has 1 heterocycles. The Hall–Kier alpha value is -0.890. The second-order valence-corrected chi connectivity index (χ2v) is 7.23. The van der Waals surface area contributed by atoms with Crippen LogP contribution >= 0.6 is 0 Å². The van der Waals surface area contributed by atoms with Gasteiger partial charge < -0.3 is 15.2 Å². The Morgan fingerprint density at radius 3 is 2.71 bits per heavy atom. The first-order valence-corrected chi connectivity index (χ1v) is 8.93. The van der Waals surface area contributed by atoms with Gasteiger partial charge in [-0.05, 0) is 46.5 Å². The van der Waals surface area contributed by atoms with Gasteiger partial charge in [-0.3, -0.25) is 0 Å². The number of hydrogen-bond donors (Lipinski definition) is 3. The van der Waals surface area contributed by atoms with E-state index in [1.807, 2.05) is 14.0 Å². The Kier molecular flexibility index (Phi) is 7.37. The van der Waals surface area contributed by atoms with Crippen molar-refractivity contribution in [1.82, 2.24) is 19.9 Å². The third-order valence-electron chi connectivity index (χ3n) is 3.45. The van der Waals surface area contributed by atoms with Crippen molar-refractivity contribution in [3.05, 3.63) is 18.0 Å². The van der Waals surface area contributed by atoms with Gasteiger partial charge in [0, 0.05) is 31.0 Å². The van der Waals surface area contributed by atoms with Crippen molar-refractivity contribution < 1.29 is 8.42 Å². The van der Waals surface area contributed by atoms with Crippen LogP contribution in [0.4, 0.5) is 0 Å². The van der Waals surface area contributed by atoms with Crippen molar-refractivity contribution in [3.8, 4) is 0 Å². The molecule has 21 heavy (non-hydrogen) atoms. The fourth-order valence-electron chi connectivity index (χ4n) is 1.81. The van der Waals surface area contributed by atoms with E-state index < -0.39 is 10.0 Å². The minimum Gasteiger partial charge on any atom is -0.363 e. The van der Waals surface area contributed by atoms with E-state index in [0.29, 0.717) is 24.0 Å². The number of rotatable bonds is 10. The van der Waals surface area contributed by atoms with Crippen LogP contribution in [0.15, 0.2) is 17.2 Å². The molecule has 0 amide bonds. The van der Waals surface area contributed by atoms with Gasteiger partial charge in [0.05, 0.1) is 4.90 Å². The Morgan fingerprint density at radius 2 is 2.10 bits per heavy atom. The second-order valence-electron chi connectivity index (χ2n) is 5.47. The highest BCUT2D eigenvalue weighted by Crippen LogP contribution is 2.10. The molecule has 0 spiro atoms. The highest BCUT2D eigenvalue weighted by molar-refractivity contribution is 7.89. The van der Waals surface area contributed by atoms with Gasteiger partial charge in [0.2, 0.25) is 10.0 Å². The van der Waals surface area contributed by atoms with Crippen molar-refractivity contribution >= 4 is 10.0 Å². The van der Waals surface area contributed by atoms with Gasteiger partial charge in [-0.1, -0.05) is 6.92 Å². The van der Waals surface area contributed by atoms with Crippen molar-refractivity contribution in [2.75, 3.05) is 26.7 Å².